The second-order valence-electron chi connectivity index (χ2n) is 14.3. The Labute approximate surface area is 253 Å². The van der Waals surface area contributed by atoms with E-state index in [2.05, 4.69) is 0 Å². The fourth-order valence-electron chi connectivity index (χ4n) is 6.19. The van der Waals surface area contributed by atoms with Crippen LogP contribution < -0.4 is 0 Å². The van der Waals surface area contributed by atoms with E-state index in [0.29, 0.717) is 31.6 Å². The van der Waals surface area contributed by atoms with Crippen LogP contribution in [-0.2, 0) is 14.2 Å². The van der Waals surface area contributed by atoms with Crippen LogP contribution in [0.25, 0.3) is 0 Å². The molecule has 2 amide bonds. The first kappa shape index (κ1) is 33.7. The van der Waals surface area contributed by atoms with Gasteiger partial charge in [-0.2, -0.15) is 0 Å². The standard InChI is InChI=1S/C34H54N2O6/c1-32(2,3)41-30(38)35-22-17-23-36(31(39)42-33(4,5)6)25-34(7,40-29(37)27-20-15-12-16-21-27)28(24-35)26-18-13-10-8-9-11-14-19-26/h12,15-16,20-21,26,28H,8-11,13-14,17-19,22-25H2,1-7H3. The van der Waals surface area contributed by atoms with E-state index in [1.807, 2.05) is 66.7 Å². The minimum Gasteiger partial charge on any atom is -0.454 e. The summed E-state index contributed by atoms with van der Waals surface area (Å²) in [4.78, 5) is 44.2. The molecular formula is C34H54N2O6. The third-order valence-corrected chi connectivity index (χ3v) is 8.17. The molecule has 0 bridgehead atoms. The molecule has 2 atom stereocenters. The number of amides is 2. The maximum absolute atomic E-state index is 13.7. The highest BCUT2D eigenvalue weighted by Crippen LogP contribution is 2.39. The lowest BCUT2D eigenvalue weighted by Gasteiger charge is -2.44. The molecular weight excluding hydrogens is 532 g/mol. The predicted molar refractivity (Wildman–Crippen MR) is 164 cm³/mol. The topological polar surface area (TPSA) is 85.4 Å². The minimum absolute atomic E-state index is 0.184. The first-order valence-corrected chi connectivity index (χ1v) is 15.9. The van der Waals surface area contributed by atoms with Crippen LogP contribution in [0.2, 0.25) is 0 Å². The molecule has 3 rings (SSSR count). The molecule has 1 aromatic carbocycles. The Morgan fingerprint density at radius 3 is 1.79 bits per heavy atom. The van der Waals surface area contributed by atoms with Crippen molar-refractivity contribution >= 4 is 18.2 Å². The van der Waals surface area contributed by atoms with E-state index in [1.165, 1.54) is 25.7 Å². The predicted octanol–water partition coefficient (Wildman–Crippen LogP) is 7.85. The van der Waals surface area contributed by atoms with Gasteiger partial charge in [-0.15, -0.1) is 0 Å². The number of hydrogen-bond acceptors (Lipinski definition) is 6. The highest BCUT2D eigenvalue weighted by molar-refractivity contribution is 5.89. The summed E-state index contributed by atoms with van der Waals surface area (Å²) in [6, 6.07) is 8.98. The summed E-state index contributed by atoms with van der Waals surface area (Å²) in [6.45, 7) is 14.5. The molecule has 0 radical (unpaired) electrons. The Kier molecular flexibility index (Phi) is 11.7. The fraction of sp³-hybridized carbons (Fsp3) is 0.735. The van der Waals surface area contributed by atoms with Crippen molar-refractivity contribution in [2.24, 2.45) is 11.8 Å². The van der Waals surface area contributed by atoms with Gasteiger partial charge in [0.15, 0.2) is 0 Å². The first-order chi connectivity index (χ1) is 19.7. The van der Waals surface area contributed by atoms with Crippen molar-refractivity contribution in [1.82, 2.24) is 9.80 Å². The number of benzene rings is 1. The lowest BCUT2D eigenvalue weighted by atomic mass is 9.74. The van der Waals surface area contributed by atoms with E-state index in [1.54, 1.807) is 21.9 Å². The Bertz CT molecular complexity index is 1020. The van der Waals surface area contributed by atoms with Crippen LogP contribution >= 0.6 is 0 Å². The lowest BCUT2D eigenvalue weighted by Crippen LogP contribution is -2.56. The number of hydrogen-bond donors (Lipinski definition) is 0. The normalized spacial score (nSPS) is 23.7. The molecule has 2 aliphatic rings. The van der Waals surface area contributed by atoms with E-state index in [0.717, 1.165) is 25.7 Å². The van der Waals surface area contributed by atoms with E-state index >= 15 is 0 Å². The summed E-state index contributed by atoms with van der Waals surface area (Å²) in [5.41, 5.74) is -1.94. The highest BCUT2D eigenvalue weighted by Gasteiger charge is 2.47. The smallest absolute Gasteiger partial charge is 0.410 e. The molecule has 1 saturated heterocycles. The number of nitrogens with zero attached hydrogens (tertiary/aromatic N) is 2. The van der Waals surface area contributed by atoms with Gasteiger partial charge in [0.1, 0.15) is 16.8 Å². The molecule has 1 aliphatic heterocycles. The zero-order valence-corrected chi connectivity index (χ0v) is 27.1. The van der Waals surface area contributed by atoms with Gasteiger partial charge in [-0.25, -0.2) is 14.4 Å². The number of ether oxygens (including phenoxy) is 3. The molecule has 236 valence electrons. The largest absolute Gasteiger partial charge is 0.454 e. The third-order valence-electron chi connectivity index (χ3n) is 8.17. The van der Waals surface area contributed by atoms with Gasteiger partial charge < -0.3 is 24.0 Å². The van der Waals surface area contributed by atoms with Crippen molar-refractivity contribution in [2.45, 2.75) is 123 Å². The zero-order valence-electron chi connectivity index (χ0n) is 27.1. The van der Waals surface area contributed by atoms with Crippen LogP contribution in [0.5, 0.6) is 0 Å². The summed E-state index contributed by atoms with van der Waals surface area (Å²) in [5.74, 6) is -0.433. The second kappa shape index (κ2) is 14.6. The molecule has 42 heavy (non-hydrogen) atoms. The number of carbonyl (C=O) groups excluding carboxylic acids is 3. The van der Waals surface area contributed by atoms with Gasteiger partial charge in [0, 0.05) is 25.6 Å². The van der Waals surface area contributed by atoms with Gasteiger partial charge in [0.2, 0.25) is 0 Å². The summed E-state index contributed by atoms with van der Waals surface area (Å²) >= 11 is 0. The Morgan fingerprint density at radius 1 is 0.738 bits per heavy atom. The molecule has 0 spiro atoms. The summed E-state index contributed by atoms with van der Waals surface area (Å²) in [6.07, 6.45) is 8.68. The summed E-state index contributed by atoms with van der Waals surface area (Å²) in [7, 11) is 0. The Balaban J connectivity index is 2.08. The average Bonchev–Trinajstić information content (AvgIpc) is 3.06. The molecule has 0 aromatic heterocycles. The zero-order chi connectivity index (χ0) is 31.0. The first-order valence-electron chi connectivity index (χ1n) is 15.9. The molecule has 1 heterocycles. The Hall–Kier alpha value is -2.77. The van der Waals surface area contributed by atoms with Gasteiger partial charge >= 0.3 is 18.2 Å². The van der Waals surface area contributed by atoms with Crippen molar-refractivity contribution < 1.29 is 28.6 Å². The number of carbonyl (C=O) groups is 3. The quantitative estimate of drug-likeness (QED) is 0.265. The van der Waals surface area contributed by atoms with Crippen molar-refractivity contribution in [2.75, 3.05) is 26.2 Å². The van der Waals surface area contributed by atoms with Crippen LogP contribution in [-0.4, -0.2) is 70.9 Å². The van der Waals surface area contributed by atoms with Gasteiger partial charge in [-0.3, -0.25) is 0 Å². The molecule has 1 saturated carbocycles. The molecule has 8 nitrogen and oxygen atoms in total. The van der Waals surface area contributed by atoms with Crippen molar-refractivity contribution in [1.29, 1.82) is 0 Å². The van der Waals surface area contributed by atoms with E-state index in [-0.39, 0.29) is 24.5 Å². The Morgan fingerprint density at radius 2 is 1.24 bits per heavy atom. The maximum Gasteiger partial charge on any atom is 0.410 e. The average molecular weight is 587 g/mol. The van der Waals surface area contributed by atoms with Crippen LogP contribution in [0.3, 0.4) is 0 Å². The van der Waals surface area contributed by atoms with Crippen molar-refractivity contribution in [3.8, 4) is 0 Å². The van der Waals surface area contributed by atoms with E-state index in [4.69, 9.17) is 14.2 Å². The second-order valence-corrected chi connectivity index (χ2v) is 14.3. The molecule has 2 fully saturated rings. The van der Waals surface area contributed by atoms with Crippen molar-refractivity contribution in [3.05, 3.63) is 35.9 Å². The number of esters is 1. The van der Waals surface area contributed by atoms with Crippen LogP contribution in [0.4, 0.5) is 9.59 Å². The molecule has 1 aliphatic carbocycles. The molecule has 2 unspecified atom stereocenters. The monoisotopic (exact) mass is 586 g/mol. The van der Waals surface area contributed by atoms with Crippen molar-refractivity contribution in [3.63, 3.8) is 0 Å². The molecule has 8 heteroatoms. The summed E-state index contributed by atoms with van der Waals surface area (Å²) in [5, 5.41) is 0. The minimum atomic E-state index is -1.08. The number of rotatable bonds is 3. The SMILES string of the molecule is CC(C)(C)OC(=O)N1CCCN(C(=O)OC(C)(C)C)CC(C)(OC(=O)c2ccccc2)C(C2CCCCCCCC2)C1. The third kappa shape index (κ3) is 10.5. The maximum atomic E-state index is 13.7. The summed E-state index contributed by atoms with van der Waals surface area (Å²) < 4.78 is 18.2. The van der Waals surface area contributed by atoms with Crippen LogP contribution in [0.1, 0.15) is 117 Å². The molecule has 1 aromatic rings. The fourth-order valence-corrected chi connectivity index (χ4v) is 6.19. The van der Waals surface area contributed by atoms with Gasteiger partial charge in [0.05, 0.1) is 12.1 Å². The molecule has 0 N–H and O–H groups in total. The van der Waals surface area contributed by atoms with Gasteiger partial charge in [-0.05, 0) is 85.8 Å². The van der Waals surface area contributed by atoms with E-state index in [9.17, 15) is 14.4 Å². The van der Waals surface area contributed by atoms with Crippen LogP contribution in [0.15, 0.2) is 30.3 Å². The van der Waals surface area contributed by atoms with Crippen LogP contribution in [0, 0.1) is 11.8 Å². The lowest BCUT2D eigenvalue weighted by molar-refractivity contribution is -0.0810. The highest BCUT2D eigenvalue weighted by atomic mass is 16.6. The van der Waals surface area contributed by atoms with E-state index < -0.39 is 28.9 Å². The van der Waals surface area contributed by atoms with Gasteiger partial charge in [0.25, 0.3) is 0 Å². The van der Waals surface area contributed by atoms with Gasteiger partial charge in [-0.1, -0.05) is 56.7 Å².